The molecule has 2 heterocycles. The fraction of sp³-hybridized carbons (Fsp3) is 0.273. The van der Waals surface area contributed by atoms with Crippen molar-refractivity contribution in [2.75, 3.05) is 31.5 Å². The van der Waals surface area contributed by atoms with Gasteiger partial charge >= 0.3 is 0 Å². The quantitative estimate of drug-likeness (QED) is 0.640. The molecule has 0 aliphatic carbocycles. The van der Waals surface area contributed by atoms with Crippen LogP contribution in [0.3, 0.4) is 0 Å². The monoisotopic (exact) mass is 445 g/mol. The van der Waals surface area contributed by atoms with Crippen LogP contribution < -0.4 is 5.32 Å². The van der Waals surface area contributed by atoms with E-state index < -0.39 is 0 Å². The maximum Gasteiger partial charge on any atom is 0.289 e. The minimum absolute atomic E-state index is 0.131. The molecule has 0 bridgehead atoms. The van der Waals surface area contributed by atoms with Gasteiger partial charge in [0.25, 0.3) is 5.91 Å². The maximum atomic E-state index is 12.8. The summed E-state index contributed by atoms with van der Waals surface area (Å²) < 4.78 is 5.69. The Morgan fingerprint density at radius 2 is 1.77 bits per heavy atom. The van der Waals surface area contributed by atoms with E-state index in [0.717, 1.165) is 5.39 Å². The fourth-order valence-corrected chi connectivity index (χ4v) is 3.89. The molecular formula is C22H21Cl2N3O3. The zero-order valence-electron chi connectivity index (χ0n) is 16.4. The molecule has 2 amide bonds. The van der Waals surface area contributed by atoms with Gasteiger partial charge in [0.15, 0.2) is 5.76 Å². The largest absolute Gasteiger partial charge is 0.451 e. The molecule has 0 spiro atoms. The predicted octanol–water partition coefficient (Wildman–Crippen LogP) is 4.52. The van der Waals surface area contributed by atoms with Crippen LogP contribution in [0.4, 0.5) is 5.69 Å². The zero-order chi connectivity index (χ0) is 21.3. The van der Waals surface area contributed by atoms with Crippen molar-refractivity contribution in [1.29, 1.82) is 0 Å². The molecule has 1 saturated heterocycles. The highest BCUT2D eigenvalue weighted by atomic mass is 35.5. The number of nitrogens with one attached hydrogen (secondary N) is 1. The van der Waals surface area contributed by atoms with Crippen LogP contribution >= 0.6 is 23.2 Å². The van der Waals surface area contributed by atoms with Crippen molar-refractivity contribution >= 4 is 51.7 Å². The fourth-order valence-electron chi connectivity index (χ4n) is 3.55. The Hall–Kier alpha value is -2.54. The average Bonchev–Trinajstić information content (AvgIpc) is 3.19. The van der Waals surface area contributed by atoms with Gasteiger partial charge in [0, 0.05) is 36.6 Å². The summed E-state index contributed by atoms with van der Waals surface area (Å²) in [4.78, 5) is 29.3. The predicted molar refractivity (Wildman–Crippen MR) is 118 cm³/mol. The van der Waals surface area contributed by atoms with E-state index in [1.807, 2.05) is 36.1 Å². The minimum atomic E-state index is -0.372. The summed E-state index contributed by atoms with van der Waals surface area (Å²) in [7, 11) is 0. The van der Waals surface area contributed by atoms with Crippen LogP contribution in [0.1, 0.15) is 17.5 Å². The molecule has 0 saturated carbocycles. The summed E-state index contributed by atoms with van der Waals surface area (Å²) in [6, 6.07) is 13.9. The number of carbonyl (C=O) groups excluding carboxylic acids is 2. The average molecular weight is 446 g/mol. The number of carbonyl (C=O) groups is 2. The number of piperazine rings is 1. The second kappa shape index (κ2) is 8.68. The molecule has 1 aliphatic heterocycles. The highest BCUT2D eigenvalue weighted by molar-refractivity contribution is 6.35. The number of halogens is 2. The third-order valence-corrected chi connectivity index (χ3v) is 5.92. The van der Waals surface area contributed by atoms with Crippen LogP contribution in [0, 0.1) is 0 Å². The molecular weight excluding hydrogens is 425 g/mol. The molecule has 4 rings (SSSR count). The van der Waals surface area contributed by atoms with Gasteiger partial charge in [-0.15, -0.1) is 0 Å². The van der Waals surface area contributed by atoms with Gasteiger partial charge < -0.3 is 14.6 Å². The summed E-state index contributed by atoms with van der Waals surface area (Å²) in [6.45, 7) is 4.05. The first-order chi connectivity index (χ1) is 14.4. The van der Waals surface area contributed by atoms with E-state index in [4.69, 9.17) is 27.6 Å². The van der Waals surface area contributed by atoms with Crippen molar-refractivity contribution in [3.05, 3.63) is 64.3 Å². The first-order valence-electron chi connectivity index (χ1n) is 9.70. The Bertz CT molecular complexity index is 1060. The van der Waals surface area contributed by atoms with E-state index in [9.17, 15) is 9.59 Å². The van der Waals surface area contributed by atoms with Crippen LogP contribution in [-0.2, 0) is 4.79 Å². The number of anilines is 1. The molecule has 1 N–H and O–H groups in total. The molecule has 6 nitrogen and oxygen atoms in total. The summed E-state index contributed by atoms with van der Waals surface area (Å²) in [5.41, 5.74) is 1.18. The number of furan rings is 1. The molecule has 30 heavy (non-hydrogen) atoms. The second-order valence-corrected chi connectivity index (χ2v) is 8.11. The van der Waals surface area contributed by atoms with Gasteiger partial charge in [-0.25, -0.2) is 0 Å². The van der Waals surface area contributed by atoms with E-state index in [1.54, 1.807) is 29.2 Å². The Kier molecular flexibility index (Phi) is 5.99. The highest BCUT2D eigenvalue weighted by Crippen LogP contribution is 2.26. The van der Waals surface area contributed by atoms with Gasteiger partial charge in [-0.3, -0.25) is 14.5 Å². The van der Waals surface area contributed by atoms with Crippen molar-refractivity contribution in [3.63, 3.8) is 0 Å². The van der Waals surface area contributed by atoms with Crippen LogP contribution in [0.15, 0.2) is 52.9 Å². The van der Waals surface area contributed by atoms with E-state index in [0.29, 0.717) is 53.3 Å². The van der Waals surface area contributed by atoms with Gasteiger partial charge in [-0.2, -0.15) is 0 Å². The lowest BCUT2D eigenvalue weighted by Crippen LogP contribution is -2.54. The number of fused-ring (bicyclic) bond motifs is 1. The van der Waals surface area contributed by atoms with E-state index in [2.05, 4.69) is 5.32 Å². The Morgan fingerprint density at radius 1 is 1.03 bits per heavy atom. The number of amides is 2. The number of benzene rings is 2. The highest BCUT2D eigenvalue weighted by Gasteiger charge is 2.29. The molecule has 2 aromatic carbocycles. The molecule has 1 aliphatic rings. The normalized spacial score (nSPS) is 15.9. The van der Waals surface area contributed by atoms with Crippen molar-refractivity contribution in [2.24, 2.45) is 0 Å². The Morgan fingerprint density at radius 3 is 2.50 bits per heavy atom. The summed E-state index contributed by atoms with van der Waals surface area (Å²) in [5.74, 6) is 0.0379. The van der Waals surface area contributed by atoms with Crippen molar-refractivity contribution in [2.45, 2.75) is 13.0 Å². The van der Waals surface area contributed by atoms with E-state index >= 15 is 0 Å². The first-order valence-corrected chi connectivity index (χ1v) is 10.5. The lowest BCUT2D eigenvalue weighted by molar-refractivity contribution is -0.121. The number of hydrogen-bond donors (Lipinski definition) is 1. The van der Waals surface area contributed by atoms with E-state index in [-0.39, 0.29) is 17.9 Å². The smallest absolute Gasteiger partial charge is 0.289 e. The van der Waals surface area contributed by atoms with Crippen molar-refractivity contribution in [3.8, 4) is 0 Å². The van der Waals surface area contributed by atoms with Gasteiger partial charge in [0.2, 0.25) is 5.91 Å². The van der Waals surface area contributed by atoms with Crippen molar-refractivity contribution < 1.29 is 14.0 Å². The van der Waals surface area contributed by atoms with Gasteiger partial charge in [-0.1, -0.05) is 41.4 Å². The number of hydrogen-bond acceptors (Lipinski definition) is 4. The number of rotatable bonds is 4. The molecule has 8 heteroatoms. The molecule has 1 atom stereocenters. The minimum Gasteiger partial charge on any atom is -0.451 e. The summed E-state index contributed by atoms with van der Waals surface area (Å²) >= 11 is 12.1. The first kappa shape index (κ1) is 20.7. The summed E-state index contributed by atoms with van der Waals surface area (Å²) in [6.07, 6.45) is 0. The second-order valence-electron chi connectivity index (χ2n) is 7.27. The van der Waals surface area contributed by atoms with Gasteiger partial charge in [0.05, 0.1) is 16.8 Å². The zero-order valence-corrected chi connectivity index (χ0v) is 17.9. The number of nitrogens with zero attached hydrogens (tertiary/aromatic N) is 2. The third kappa shape index (κ3) is 4.31. The maximum absolute atomic E-state index is 12.8. The standard InChI is InChI=1S/C22H21Cl2N3O3/c1-14(21(28)25-18-13-16(23)6-7-17(18)24)26-8-10-27(11-9-26)22(29)20-12-15-4-2-3-5-19(15)30-20/h2-7,12-14H,8-11H2,1H3,(H,25,28). The lowest BCUT2D eigenvalue weighted by atomic mass is 10.2. The van der Waals surface area contributed by atoms with Crippen molar-refractivity contribution in [1.82, 2.24) is 9.80 Å². The van der Waals surface area contributed by atoms with Crippen LogP contribution in [0.5, 0.6) is 0 Å². The van der Waals surface area contributed by atoms with E-state index in [1.165, 1.54) is 0 Å². The van der Waals surface area contributed by atoms with Crippen LogP contribution in [0.25, 0.3) is 11.0 Å². The van der Waals surface area contributed by atoms with Gasteiger partial charge in [-0.05, 0) is 37.3 Å². The Balaban J connectivity index is 1.35. The molecule has 0 radical (unpaired) electrons. The third-order valence-electron chi connectivity index (χ3n) is 5.35. The van der Waals surface area contributed by atoms with Crippen LogP contribution in [0.2, 0.25) is 10.0 Å². The Labute approximate surface area is 184 Å². The molecule has 1 aromatic heterocycles. The van der Waals surface area contributed by atoms with Crippen LogP contribution in [-0.4, -0.2) is 53.8 Å². The number of para-hydroxylation sites is 1. The molecule has 3 aromatic rings. The SMILES string of the molecule is CC(C(=O)Nc1cc(Cl)ccc1Cl)N1CCN(C(=O)c2cc3ccccc3o2)CC1. The topological polar surface area (TPSA) is 65.8 Å². The molecule has 156 valence electrons. The molecule has 1 fully saturated rings. The summed E-state index contributed by atoms with van der Waals surface area (Å²) in [5, 5.41) is 4.67. The van der Waals surface area contributed by atoms with Gasteiger partial charge in [0.1, 0.15) is 5.58 Å². The lowest BCUT2D eigenvalue weighted by Gasteiger charge is -2.37. The molecule has 1 unspecified atom stereocenters.